The van der Waals surface area contributed by atoms with Crippen LogP contribution >= 0.6 is 0 Å². The maximum absolute atomic E-state index is 12.6. The number of sulfonamides is 1. The van der Waals surface area contributed by atoms with Gasteiger partial charge < -0.3 is 5.32 Å². The van der Waals surface area contributed by atoms with Crippen molar-refractivity contribution < 1.29 is 13.2 Å². The Morgan fingerprint density at radius 1 is 1.08 bits per heavy atom. The van der Waals surface area contributed by atoms with Crippen LogP contribution in [0.15, 0.2) is 59.5 Å². The first-order valence-electron chi connectivity index (χ1n) is 8.65. The topological polar surface area (TPSA) is 66.5 Å². The van der Waals surface area contributed by atoms with Crippen LogP contribution in [0, 0.1) is 13.5 Å². The van der Waals surface area contributed by atoms with E-state index in [9.17, 15) is 13.2 Å². The van der Waals surface area contributed by atoms with Crippen molar-refractivity contribution in [2.24, 2.45) is 0 Å². The second-order valence-electron chi connectivity index (χ2n) is 6.02. The number of rotatable bonds is 9. The molecule has 1 radical (unpaired) electrons. The molecule has 2 aromatic carbocycles. The van der Waals surface area contributed by atoms with Gasteiger partial charge in [-0.15, -0.1) is 0 Å². The van der Waals surface area contributed by atoms with E-state index >= 15 is 0 Å². The minimum Gasteiger partial charge on any atom is -0.351 e. The van der Waals surface area contributed by atoms with Crippen LogP contribution in [-0.4, -0.2) is 31.7 Å². The summed E-state index contributed by atoms with van der Waals surface area (Å²) in [6.07, 6.45) is 0.746. The fourth-order valence-electron chi connectivity index (χ4n) is 2.50. The second kappa shape index (κ2) is 9.50. The van der Waals surface area contributed by atoms with E-state index in [1.54, 1.807) is 43.8 Å². The highest BCUT2D eigenvalue weighted by atomic mass is 32.2. The zero-order chi connectivity index (χ0) is 19.0. The molecule has 6 heteroatoms. The van der Waals surface area contributed by atoms with Crippen LogP contribution in [0.2, 0.25) is 0 Å². The summed E-state index contributed by atoms with van der Waals surface area (Å²) >= 11 is 0. The van der Waals surface area contributed by atoms with E-state index in [4.69, 9.17) is 0 Å². The summed E-state index contributed by atoms with van der Waals surface area (Å²) in [6.45, 7) is 5.96. The molecule has 0 heterocycles. The number of carbonyl (C=O) groups excluding carboxylic acids is 1. The van der Waals surface area contributed by atoms with E-state index in [-0.39, 0.29) is 23.8 Å². The molecule has 139 valence electrons. The standard InChI is InChI=1S/C20H25N2O3S/c1-3-22(26(24,25)19-7-5-4-6-8-19)16-14-20(23)21-15-13-18-11-9-17(2)10-12-18/h4-12,15H,3,13-14,16H2,1-2H3,(H,21,23). The van der Waals surface area contributed by atoms with Crippen LogP contribution < -0.4 is 5.32 Å². The molecule has 0 atom stereocenters. The molecule has 0 spiro atoms. The van der Waals surface area contributed by atoms with E-state index in [0.717, 1.165) is 5.56 Å². The van der Waals surface area contributed by atoms with Gasteiger partial charge in [0.05, 0.1) is 11.4 Å². The predicted octanol–water partition coefficient (Wildman–Crippen LogP) is 2.92. The van der Waals surface area contributed by atoms with Crippen molar-refractivity contribution in [1.82, 2.24) is 9.62 Å². The minimum absolute atomic E-state index is 0.115. The Bertz CT molecular complexity index is 803. The highest BCUT2D eigenvalue weighted by Crippen LogP contribution is 2.15. The molecule has 0 aliphatic rings. The van der Waals surface area contributed by atoms with Gasteiger partial charge >= 0.3 is 0 Å². The van der Waals surface area contributed by atoms with Crippen LogP contribution in [0.1, 0.15) is 24.5 Å². The zero-order valence-corrected chi connectivity index (χ0v) is 16.0. The summed E-state index contributed by atoms with van der Waals surface area (Å²) in [5, 5.41) is 2.73. The molecular weight excluding hydrogens is 348 g/mol. The van der Waals surface area contributed by atoms with Gasteiger partial charge in [-0.2, -0.15) is 4.31 Å². The number of aryl methyl sites for hydroxylation is 1. The lowest BCUT2D eigenvalue weighted by atomic mass is 10.1. The summed E-state index contributed by atoms with van der Waals surface area (Å²) in [5.74, 6) is -0.196. The molecule has 0 unspecified atom stereocenters. The van der Waals surface area contributed by atoms with Gasteiger partial charge in [0.15, 0.2) is 0 Å². The van der Waals surface area contributed by atoms with Gasteiger partial charge in [-0.05, 0) is 31.0 Å². The third-order valence-corrected chi connectivity index (χ3v) is 6.03. The van der Waals surface area contributed by atoms with Crippen LogP contribution in [0.3, 0.4) is 0 Å². The lowest BCUT2D eigenvalue weighted by Crippen LogP contribution is -2.34. The van der Waals surface area contributed by atoms with Crippen molar-refractivity contribution in [3.8, 4) is 0 Å². The van der Waals surface area contributed by atoms with E-state index in [1.165, 1.54) is 9.87 Å². The van der Waals surface area contributed by atoms with Gasteiger partial charge in [0.1, 0.15) is 0 Å². The van der Waals surface area contributed by atoms with Crippen LogP contribution in [0.5, 0.6) is 0 Å². The fourth-order valence-corrected chi connectivity index (χ4v) is 3.97. The Labute approximate surface area is 156 Å². The Morgan fingerprint density at radius 2 is 1.73 bits per heavy atom. The molecule has 1 N–H and O–H groups in total. The van der Waals surface area contributed by atoms with Gasteiger partial charge in [0, 0.05) is 19.5 Å². The zero-order valence-electron chi connectivity index (χ0n) is 15.2. The number of hydrogen-bond donors (Lipinski definition) is 1. The molecular formula is C20H25N2O3S. The molecule has 26 heavy (non-hydrogen) atoms. The average Bonchev–Trinajstić information content (AvgIpc) is 2.64. The number of nitrogens with one attached hydrogen (secondary N) is 1. The molecule has 2 aromatic rings. The van der Waals surface area contributed by atoms with Crippen molar-refractivity contribution in [2.45, 2.75) is 31.6 Å². The molecule has 0 saturated carbocycles. The van der Waals surface area contributed by atoms with Crippen molar-refractivity contribution in [3.05, 3.63) is 72.3 Å². The molecule has 5 nitrogen and oxygen atoms in total. The smallest absolute Gasteiger partial charge is 0.243 e. The van der Waals surface area contributed by atoms with E-state index in [2.05, 4.69) is 5.32 Å². The first kappa shape index (κ1) is 20.1. The first-order valence-corrected chi connectivity index (χ1v) is 10.1. The van der Waals surface area contributed by atoms with Crippen molar-refractivity contribution >= 4 is 15.9 Å². The minimum atomic E-state index is -3.57. The van der Waals surface area contributed by atoms with Crippen LogP contribution in [0.25, 0.3) is 0 Å². The monoisotopic (exact) mass is 373 g/mol. The quantitative estimate of drug-likeness (QED) is 0.735. The Balaban J connectivity index is 1.82. The largest absolute Gasteiger partial charge is 0.351 e. The fraction of sp³-hybridized carbons (Fsp3) is 0.300. The normalized spacial score (nSPS) is 11.5. The predicted molar refractivity (Wildman–Crippen MR) is 103 cm³/mol. The SMILES string of the molecule is CCN(CCC(=O)N[CH]Cc1ccc(C)cc1)S(=O)(=O)c1ccccc1. The molecule has 2 rings (SSSR count). The third kappa shape index (κ3) is 5.68. The second-order valence-corrected chi connectivity index (χ2v) is 7.96. The molecule has 1 amide bonds. The average molecular weight is 373 g/mol. The van der Waals surface area contributed by atoms with Gasteiger partial charge in [-0.3, -0.25) is 4.79 Å². The summed E-state index contributed by atoms with van der Waals surface area (Å²) < 4.78 is 26.5. The number of nitrogens with zero attached hydrogens (tertiary/aromatic N) is 1. The third-order valence-electron chi connectivity index (χ3n) is 4.04. The number of carbonyl (C=O) groups is 1. The number of hydrogen-bond acceptors (Lipinski definition) is 3. The van der Waals surface area contributed by atoms with Crippen molar-refractivity contribution in [2.75, 3.05) is 13.1 Å². The van der Waals surface area contributed by atoms with Crippen molar-refractivity contribution in [1.29, 1.82) is 0 Å². The summed E-state index contributed by atoms with van der Waals surface area (Å²) in [4.78, 5) is 12.3. The number of amides is 1. The van der Waals surface area contributed by atoms with Gasteiger partial charge in [-0.1, -0.05) is 55.0 Å². The summed E-state index contributed by atoms with van der Waals surface area (Å²) in [6, 6.07) is 16.4. The Hall–Kier alpha value is -2.18. The first-order chi connectivity index (χ1) is 12.4. The molecule has 0 bridgehead atoms. The maximum atomic E-state index is 12.6. The van der Waals surface area contributed by atoms with E-state index < -0.39 is 10.0 Å². The molecule has 0 fully saturated rings. The summed E-state index contributed by atoms with van der Waals surface area (Å²) in [7, 11) is -3.57. The van der Waals surface area contributed by atoms with Crippen LogP contribution in [0.4, 0.5) is 0 Å². The highest BCUT2D eigenvalue weighted by molar-refractivity contribution is 7.89. The molecule has 0 aliphatic heterocycles. The number of benzene rings is 2. The highest BCUT2D eigenvalue weighted by Gasteiger charge is 2.23. The van der Waals surface area contributed by atoms with E-state index in [1.807, 2.05) is 31.2 Å². The molecule has 0 aliphatic carbocycles. The lowest BCUT2D eigenvalue weighted by Gasteiger charge is -2.20. The van der Waals surface area contributed by atoms with E-state index in [0.29, 0.717) is 13.0 Å². The Kier molecular flexibility index (Phi) is 7.36. The lowest BCUT2D eigenvalue weighted by molar-refractivity contribution is -0.120. The maximum Gasteiger partial charge on any atom is 0.243 e. The van der Waals surface area contributed by atoms with Gasteiger partial charge in [0.2, 0.25) is 15.9 Å². The Morgan fingerprint density at radius 3 is 2.35 bits per heavy atom. The van der Waals surface area contributed by atoms with Gasteiger partial charge in [0.25, 0.3) is 0 Å². The summed E-state index contributed by atoms with van der Waals surface area (Å²) in [5.41, 5.74) is 2.30. The molecule has 0 saturated heterocycles. The van der Waals surface area contributed by atoms with Crippen LogP contribution in [-0.2, 0) is 21.2 Å². The van der Waals surface area contributed by atoms with Crippen molar-refractivity contribution in [3.63, 3.8) is 0 Å². The van der Waals surface area contributed by atoms with Gasteiger partial charge in [-0.25, -0.2) is 8.42 Å². The molecule has 0 aromatic heterocycles.